The molecule has 1 aromatic heterocycles. The molecule has 1 aliphatic heterocycles. The predicted molar refractivity (Wildman–Crippen MR) is 73.5 cm³/mol. The molecule has 0 aliphatic carbocycles. The van der Waals surface area contributed by atoms with E-state index in [9.17, 15) is 9.90 Å². The Morgan fingerprint density at radius 2 is 2.16 bits per heavy atom. The topological polar surface area (TPSA) is 51.5 Å². The van der Waals surface area contributed by atoms with Crippen LogP contribution >= 0.6 is 0 Å². The molecule has 100 valence electrons. The fourth-order valence-electron chi connectivity index (χ4n) is 2.88. The van der Waals surface area contributed by atoms with Crippen molar-refractivity contribution in [3.63, 3.8) is 0 Å². The molecular formula is C15H17NO3. The highest BCUT2D eigenvalue weighted by Crippen LogP contribution is 2.38. The van der Waals surface area contributed by atoms with Gasteiger partial charge in [-0.3, -0.25) is 4.79 Å². The molecule has 0 fully saturated rings. The number of hydrogen-bond donors (Lipinski definition) is 1. The van der Waals surface area contributed by atoms with E-state index in [0.29, 0.717) is 24.3 Å². The molecule has 3 rings (SSSR count). The van der Waals surface area contributed by atoms with Crippen LogP contribution in [0.5, 0.6) is 5.75 Å². The number of aryl methyl sites for hydroxylation is 1. The molecule has 0 bridgehead atoms. The molecule has 2 atom stereocenters. The van der Waals surface area contributed by atoms with Crippen LogP contribution in [0.1, 0.15) is 31.7 Å². The van der Waals surface area contributed by atoms with Crippen molar-refractivity contribution in [3.8, 4) is 5.75 Å². The number of para-hydroxylation sites is 1. The third kappa shape index (κ3) is 1.75. The number of hydrogen-bond acceptors (Lipinski definition) is 3. The minimum absolute atomic E-state index is 0.00407. The van der Waals surface area contributed by atoms with Crippen LogP contribution in [0, 0.1) is 0 Å². The first-order chi connectivity index (χ1) is 9.13. The molecule has 0 saturated heterocycles. The third-order valence-electron chi connectivity index (χ3n) is 3.78. The summed E-state index contributed by atoms with van der Waals surface area (Å²) in [4.78, 5) is 12.6. The van der Waals surface area contributed by atoms with Crippen LogP contribution in [0.15, 0.2) is 29.1 Å². The summed E-state index contributed by atoms with van der Waals surface area (Å²) in [5.74, 6) is 0.560. The second kappa shape index (κ2) is 4.38. The Hall–Kier alpha value is -1.81. The van der Waals surface area contributed by atoms with Crippen LogP contribution in [0.4, 0.5) is 0 Å². The van der Waals surface area contributed by atoms with E-state index in [0.717, 1.165) is 10.9 Å². The van der Waals surface area contributed by atoms with Crippen molar-refractivity contribution in [1.29, 1.82) is 0 Å². The minimum atomic E-state index is -0.831. The molecule has 4 heteroatoms. The maximum atomic E-state index is 12.6. The highest BCUT2D eigenvalue weighted by atomic mass is 16.6. The first kappa shape index (κ1) is 12.2. The van der Waals surface area contributed by atoms with Gasteiger partial charge in [0.2, 0.25) is 0 Å². The summed E-state index contributed by atoms with van der Waals surface area (Å²) in [6.07, 6.45) is -0.368. The molecule has 4 nitrogen and oxygen atoms in total. The molecule has 0 spiro atoms. The lowest BCUT2D eigenvalue weighted by Crippen LogP contribution is -2.33. The minimum Gasteiger partial charge on any atom is -0.464 e. The Kier molecular flexibility index (Phi) is 2.82. The Labute approximate surface area is 111 Å². The summed E-state index contributed by atoms with van der Waals surface area (Å²) in [5.41, 5.74) is 1.54. The number of aromatic nitrogens is 1. The molecule has 19 heavy (non-hydrogen) atoms. The molecule has 0 saturated carbocycles. The molecule has 2 heterocycles. The smallest absolute Gasteiger partial charge is 0.258 e. The average Bonchev–Trinajstić information content (AvgIpc) is 2.38. The third-order valence-corrected chi connectivity index (χ3v) is 3.78. The number of nitrogens with zero attached hydrogens (tertiary/aromatic N) is 1. The maximum Gasteiger partial charge on any atom is 0.258 e. The van der Waals surface area contributed by atoms with Gasteiger partial charge in [-0.2, -0.15) is 0 Å². The summed E-state index contributed by atoms with van der Waals surface area (Å²) in [7, 11) is 0. The van der Waals surface area contributed by atoms with E-state index in [1.54, 1.807) is 4.57 Å². The zero-order chi connectivity index (χ0) is 13.6. The van der Waals surface area contributed by atoms with Gasteiger partial charge < -0.3 is 14.4 Å². The van der Waals surface area contributed by atoms with Gasteiger partial charge in [0.1, 0.15) is 5.75 Å². The Balaban J connectivity index is 2.45. The molecular weight excluding hydrogens is 242 g/mol. The number of aliphatic hydroxyl groups is 1. The van der Waals surface area contributed by atoms with E-state index >= 15 is 0 Å². The second-order valence-electron chi connectivity index (χ2n) is 5.02. The van der Waals surface area contributed by atoms with Crippen LogP contribution < -0.4 is 10.3 Å². The Morgan fingerprint density at radius 3 is 2.89 bits per heavy atom. The number of fused-ring (bicyclic) bond motifs is 3. The van der Waals surface area contributed by atoms with Crippen molar-refractivity contribution in [2.45, 2.75) is 39.0 Å². The summed E-state index contributed by atoms with van der Waals surface area (Å²) in [6, 6.07) is 7.67. The highest BCUT2D eigenvalue weighted by Gasteiger charge is 2.29. The number of benzene rings is 1. The molecule has 1 aromatic carbocycles. The zero-order valence-corrected chi connectivity index (χ0v) is 11.1. The number of rotatable bonds is 1. The molecule has 2 unspecified atom stereocenters. The van der Waals surface area contributed by atoms with Crippen molar-refractivity contribution >= 4 is 10.9 Å². The summed E-state index contributed by atoms with van der Waals surface area (Å²) in [6.45, 7) is 4.55. The van der Waals surface area contributed by atoms with Crippen molar-refractivity contribution < 1.29 is 9.84 Å². The number of aliphatic hydroxyl groups excluding tert-OH is 1. The van der Waals surface area contributed by atoms with E-state index in [4.69, 9.17) is 4.74 Å². The zero-order valence-electron chi connectivity index (χ0n) is 11.1. The van der Waals surface area contributed by atoms with Crippen molar-refractivity contribution in [3.05, 3.63) is 40.2 Å². The largest absolute Gasteiger partial charge is 0.464 e. The van der Waals surface area contributed by atoms with E-state index in [1.165, 1.54) is 0 Å². The van der Waals surface area contributed by atoms with Crippen LogP contribution in [0.25, 0.3) is 10.9 Å². The van der Waals surface area contributed by atoms with E-state index in [1.807, 2.05) is 38.1 Å². The SMILES string of the molecule is CCn1c(=O)c2c(c3ccccc31)OC(O)CC2C. The van der Waals surface area contributed by atoms with E-state index in [-0.39, 0.29) is 11.5 Å². The van der Waals surface area contributed by atoms with Gasteiger partial charge in [0, 0.05) is 18.4 Å². The van der Waals surface area contributed by atoms with Crippen molar-refractivity contribution in [2.24, 2.45) is 0 Å². The fourth-order valence-corrected chi connectivity index (χ4v) is 2.88. The molecule has 1 aliphatic rings. The first-order valence-electron chi connectivity index (χ1n) is 6.63. The highest BCUT2D eigenvalue weighted by molar-refractivity contribution is 5.87. The molecule has 0 amide bonds. The van der Waals surface area contributed by atoms with Gasteiger partial charge in [0.25, 0.3) is 5.56 Å². The Bertz CT molecular complexity index is 690. The van der Waals surface area contributed by atoms with Gasteiger partial charge in [-0.25, -0.2) is 0 Å². The molecule has 1 N–H and O–H groups in total. The first-order valence-corrected chi connectivity index (χ1v) is 6.63. The van der Waals surface area contributed by atoms with Gasteiger partial charge in [-0.1, -0.05) is 19.1 Å². The fraction of sp³-hybridized carbons (Fsp3) is 0.400. The molecule has 2 aromatic rings. The number of ether oxygens (including phenoxy) is 1. The normalized spacial score (nSPS) is 22.1. The van der Waals surface area contributed by atoms with E-state index in [2.05, 4.69) is 0 Å². The van der Waals surface area contributed by atoms with Gasteiger partial charge in [-0.05, 0) is 25.0 Å². The van der Waals surface area contributed by atoms with Crippen LogP contribution in [0.3, 0.4) is 0 Å². The van der Waals surface area contributed by atoms with Crippen molar-refractivity contribution in [2.75, 3.05) is 0 Å². The van der Waals surface area contributed by atoms with Gasteiger partial charge in [-0.15, -0.1) is 0 Å². The van der Waals surface area contributed by atoms with Gasteiger partial charge in [0.05, 0.1) is 11.1 Å². The second-order valence-corrected chi connectivity index (χ2v) is 5.02. The van der Waals surface area contributed by atoms with Crippen LogP contribution in [0.2, 0.25) is 0 Å². The monoisotopic (exact) mass is 259 g/mol. The predicted octanol–water partition coefficient (Wildman–Crippen LogP) is 2.23. The standard InChI is InChI=1S/C15H17NO3/c1-3-16-11-7-5-4-6-10(11)14-13(15(16)18)9(2)8-12(17)19-14/h4-7,9,12,17H,3,8H2,1-2H3. The van der Waals surface area contributed by atoms with Gasteiger partial charge in [0.15, 0.2) is 6.29 Å². The van der Waals surface area contributed by atoms with Crippen LogP contribution in [-0.2, 0) is 6.54 Å². The quantitative estimate of drug-likeness (QED) is 0.854. The van der Waals surface area contributed by atoms with Crippen LogP contribution in [-0.4, -0.2) is 16.0 Å². The van der Waals surface area contributed by atoms with Gasteiger partial charge >= 0.3 is 0 Å². The summed E-state index contributed by atoms with van der Waals surface area (Å²) < 4.78 is 7.31. The van der Waals surface area contributed by atoms with E-state index < -0.39 is 6.29 Å². The lowest BCUT2D eigenvalue weighted by atomic mass is 9.93. The summed E-state index contributed by atoms with van der Waals surface area (Å²) in [5, 5.41) is 10.7. The molecule has 0 radical (unpaired) electrons. The average molecular weight is 259 g/mol. The Morgan fingerprint density at radius 1 is 1.42 bits per heavy atom. The lowest BCUT2D eigenvalue weighted by molar-refractivity contribution is -0.0367. The number of pyridine rings is 1. The van der Waals surface area contributed by atoms with Crippen molar-refractivity contribution in [1.82, 2.24) is 4.57 Å². The summed E-state index contributed by atoms with van der Waals surface area (Å²) >= 11 is 0. The maximum absolute atomic E-state index is 12.6. The lowest BCUT2D eigenvalue weighted by Gasteiger charge is -2.28.